The summed E-state index contributed by atoms with van der Waals surface area (Å²) in [5.41, 5.74) is 1.02. The van der Waals surface area contributed by atoms with E-state index in [9.17, 15) is 5.11 Å². The third kappa shape index (κ3) is 2.17. The normalized spacial score (nSPS) is 31.8. The molecule has 0 bridgehead atoms. The number of nitrogens with zero attached hydrogens (tertiary/aromatic N) is 1. The van der Waals surface area contributed by atoms with Gasteiger partial charge < -0.3 is 10.4 Å². The second kappa shape index (κ2) is 4.83. The molecular weight excluding hydrogens is 292 g/mol. The van der Waals surface area contributed by atoms with Crippen LogP contribution in [0.4, 0.5) is 0 Å². The first-order valence-corrected chi connectivity index (χ1v) is 7.36. The average molecular weight is 311 g/mol. The van der Waals surface area contributed by atoms with Crippen LogP contribution in [-0.4, -0.2) is 35.7 Å². The zero-order chi connectivity index (χ0) is 12.7. The molecule has 2 aliphatic rings. The molecule has 0 amide bonds. The summed E-state index contributed by atoms with van der Waals surface area (Å²) in [5, 5.41) is 13.4. The minimum atomic E-state index is 0.403. The largest absolute Gasteiger partial charge is 0.508 e. The molecule has 2 N–H and O–H groups in total. The molecule has 4 heteroatoms. The molecule has 3 rings (SSSR count). The van der Waals surface area contributed by atoms with E-state index in [2.05, 4.69) is 33.1 Å². The number of halogens is 1. The van der Waals surface area contributed by atoms with Gasteiger partial charge in [0.2, 0.25) is 0 Å². The fourth-order valence-corrected chi connectivity index (χ4v) is 3.77. The lowest BCUT2D eigenvalue weighted by Crippen LogP contribution is -2.32. The number of hydrogen-bond donors (Lipinski definition) is 2. The highest BCUT2D eigenvalue weighted by molar-refractivity contribution is 9.10. The molecule has 3 atom stereocenters. The number of likely N-dealkylation sites (tertiary alicyclic amines) is 1. The lowest BCUT2D eigenvalue weighted by atomic mass is 9.95. The predicted octanol–water partition coefficient (Wildman–Crippen LogP) is 2.19. The first kappa shape index (κ1) is 12.5. The number of nitrogens with one attached hydrogen (secondary N) is 1. The topological polar surface area (TPSA) is 35.5 Å². The van der Waals surface area contributed by atoms with Gasteiger partial charge in [-0.25, -0.2) is 0 Å². The number of rotatable bonds is 2. The van der Waals surface area contributed by atoms with E-state index in [1.807, 2.05) is 12.1 Å². The van der Waals surface area contributed by atoms with Crippen molar-refractivity contribution in [1.82, 2.24) is 10.2 Å². The van der Waals surface area contributed by atoms with Gasteiger partial charge in [0.25, 0.3) is 0 Å². The second-order valence-corrected chi connectivity index (χ2v) is 6.44. The van der Waals surface area contributed by atoms with Crippen molar-refractivity contribution in [3.63, 3.8) is 0 Å². The maximum atomic E-state index is 9.92. The van der Waals surface area contributed by atoms with Crippen LogP contribution >= 0.6 is 15.9 Å². The predicted molar refractivity (Wildman–Crippen MR) is 75.5 cm³/mol. The fourth-order valence-electron chi connectivity index (χ4n) is 3.36. The van der Waals surface area contributed by atoms with Crippen LogP contribution in [-0.2, 0) is 6.54 Å². The van der Waals surface area contributed by atoms with Gasteiger partial charge in [-0.1, -0.05) is 15.9 Å². The molecule has 18 heavy (non-hydrogen) atoms. The van der Waals surface area contributed by atoms with Crippen molar-refractivity contribution in [3.8, 4) is 5.75 Å². The highest BCUT2D eigenvalue weighted by Crippen LogP contribution is 2.34. The quantitative estimate of drug-likeness (QED) is 0.879. The second-order valence-electron chi connectivity index (χ2n) is 5.53. The van der Waals surface area contributed by atoms with E-state index >= 15 is 0 Å². The molecule has 0 aromatic heterocycles. The van der Waals surface area contributed by atoms with Crippen molar-refractivity contribution < 1.29 is 5.11 Å². The summed E-state index contributed by atoms with van der Waals surface area (Å²) >= 11 is 3.47. The Hall–Kier alpha value is -0.580. The first-order valence-electron chi connectivity index (χ1n) is 6.57. The Kier molecular flexibility index (Phi) is 3.34. The molecule has 3 nitrogen and oxygen atoms in total. The third-order valence-corrected chi connectivity index (χ3v) is 4.96. The first-order chi connectivity index (χ1) is 8.65. The van der Waals surface area contributed by atoms with Crippen LogP contribution in [0, 0.1) is 11.8 Å². The smallest absolute Gasteiger partial charge is 0.120 e. The van der Waals surface area contributed by atoms with E-state index in [0.717, 1.165) is 48.1 Å². The van der Waals surface area contributed by atoms with Gasteiger partial charge in [-0.05, 0) is 50.0 Å². The minimum Gasteiger partial charge on any atom is -0.508 e. The zero-order valence-corrected chi connectivity index (χ0v) is 12.2. The monoisotopic (exact) mass is 310 g/mol. The lowest BCUT2D eigenvalue weighted by molar-refractivity contribution is 0.229. The van der Waals surface area contributed by atoms with Crippen molar-refractivity contribution in [2.75, 3.05) is 19.6 Å². The fraction of sp³-hybridized carbons (Fsp3) is 0.571. The maximum absolute atomic E-state index is 9.92. The van der Waals surface area contributed by atoms with E-state index in [-0.39, 0.29) is 0 Å². The molecule has 0 spiro atoms. The third-order valence-electron chi connectivity index (χ3n) is 4.47. The number of aromatic hydroxyl groups is 1. The Bertz CT molecular complexity index is 451. The van der Waals surface area contributed by atoms with Crippen LogP contribution in [0.15, 0.2) is 22.7 Å². The van der Waals surface area contributed by atoms with Gasteiger partial charge >= 0.3 is 0 Å². The van der Waals surface area contributed by atoms with E-state index in [1.54, 1.807) is 6.07 Å². The maximum Gasteiger partial charge on any atom is 0.120 e. The zero-order valence-electron chi connectivity index (χ0n) is 10.6. The molecule has 0 radical (unpaired) electrons. The van der Waals surface area contributed by atoms with Gasteiger partial charge in [-0.15, -0.1) is 0 Å². The standard InChI is InChI=1S/C14H19BrN2O/c1-9-13-6-16-5-11(13)8-17(9)7-10-4-12(15)2-3-14(10)18/h2-4,9,11,13,16,18H,5-8H2,1H3. The SMILES string of the molecule is CC1C2CNCC2CN1Cc1cc(Br)ccc1O. The number of phenolic OH excluding ortho intramolecular Hbond substituents is 1. The van der Waals surface area contributed by atoms with Crippen molar-refractivity contribution in [1.29, 1.82) is 0 Å². The van der Waals surface area contributed by atoms with Crippen LogP contribution in [0.3, 0.4) is 0 Å². The summed E-state index contributed by atoms with van der Waals surface area (Å²) in [6.45, 7) is 6.60. The summed E-state index contributed by atoms with van der Waals surface area (Å²) in [5.74, 6) is 1.97. The van der Waals surface area contributed by atoms with Crippen LogP contribution < -0.4 is 5.32 Å². The molecule has 2 heterocycles. The van der Waals surface area contributed by atoms with E-state index in [4.69, 9.17) is 0 Å². The molecule has 1 aromatic rings. The summed E-state index contributed by atoms with van der Waals surface area (Å²) in [7, 11) is 0. The van der Waals surface area contributed by atoms with Gasteiger partial charge in [0.05, 0.1) is 0 Å². The molecule has 2 fully saturated rings. The van der Waals surface area contributed by atoms with Gasteiger partial charge in [0, 0.05) is 29.2 Å². The summed E-state index contributed by atoms with van der Waals surface area (Å²) in [6, 6.07) is 6.27. The van der Waals surface area contributed by atoms with Crippen molar-refractivity contribution in [3.05, 3.63) is 28.2 Å². The molecular formula is C14H19BrN2O. The highest BCUT2D eigenvalue weighted by Gasteiger charge is 2.41. The van der Waals surface area contributed by atoms with E-state index < -0.39 is 0 Å². The van der Waals surface area contributed by atoms with Gasteiger partial charge in [0.1, 0.15) is 5.75 Å². The Morgan fingerprint density at radius 2 is 2.28 bits per heavy atom. The van der Waals surface area contributed by atoms with Crippen molar-refractivity contribution >= 4 is 15.9 Å². The van der Waals surface area contributed by atoms with Crippen LogP contribution in [0.5, 0.6) is 5.75 Å². The summed E-state index contributed by atoms with van der Waals surface area (Å²) < 4.78 is 1.03. The highest BCUT2D eigenvalue weighted by atomic mass is 79.9. The molecule has 3 unspecified atom stereocenters. The Morgan fingerprint density at radius 1 is 1.44 bits per heavy atom. The number of phenols is 1. The van der Waals surface area contributed by atoms with Crippen LogP contribution in [0.1, 0.15) is 12.5 Å². The summed E-state index contributed by atoms with van der Waals surface area (Å²) in [6.07, 6.45) is 0. The lowest BCUT2D eigenvalue weighted by Gasteiger charge is -2.24. The molecule has 1 aromatic carbocycles. The van der Waals surface area contributed by atoms with Crippen LogP contribution in [0.25, 0.3) is 0 Å². The average Bonchev–Trinajstić information content (AvgIpc) is 2.89. The van der Waals surface area contributed by atoms with Gasteiger partial charge in [0.15, 0.2) is 0 Å². The van der Waals surface area contributed by atoms with Gasteiger partial charge in [-0.2, -0.15) is 0 Å². The molecule has 2 saturated heterocycles. The molecule has 0 saturated carbocycles. The summed E-state index contributed by atoms with van der Waals surface area (Å²) in [4.78, 5) is 2.50. The van der Waals surface area contributed by atoms with E-state index in [1.165, 1.54) is 0 Å². The molecule has 0 aliphatic carbocycles. The number of hydrogen-bond acceptors (Lipinski definition) is 3. The molecule has 98 valence electrons. The number of benzene rings is 1. The Balaban J connectivity index is 1.75. The minimum absolute atomic E-state index is 0.403. The number of fused-ring (bicyclic) bond motifs is 1. The van der Waals surface area contributed by atoms with Gasteiger partial charge in [-0.3, -0.25) is 4.90 Å². The Morgan fingerprint density at radius 3 is 3.06 bits per heavy atom. The molecule has 2 aliphatic heterocycles. The van der Waals surface area contributed by atoms with Crippen molar-refractivity contribution in [2.24, 2.45) is 11.8 Å². The Labute approximate surface area is 116 Å². The van der Waals surface area contributed by atoms with E-state index in [0.29, 0.717) is 11.8 Å². The van der Waals surface area contributed by atoms with Crippen molar-refractivity contribution in [2.45, 2.75) is 19.5 Å². The van der Waals surface area contributed by atoms with Crippen LogP contribution in [0.2, 0.25) is 0 Å².